The summed E-state index contributed by atoms with van der Waals surface area (Å²) in [6.07, 6.45) is 16.0. The first-order valence-corrected chi connectivity index (χ1v) is 24.7. The van der Waals surface area contributed by atoms with E-state index in [1.165, 1.54) is 18.3 Å². The van der Waals surface area contributed by atoms with Crippen molar-refractivity contribution in [3.8, 4) is 0 Å². The zero-order valence-corrected chi connectivity index (χ0v) is 41.4. The van der Waals surface area contributed by atoms with Crippen molar-refractivity contribution in [1.29, 1.82) is 0 Å². The summed E-state index contributed by atoms with van der Waals surface area (Å²) in [5.74, 6) is -6.32. The molecule has 16 heteroatoms. The maximum Gasteiger partial charge on any atom is 0.329 e. The molecular weight excluding hydrogens is 859 g/mol. The van der Waals surface area contributed by atoms with Gasteiger partial charge in [0.25, 0.3) is 11.7 Å². The minimum Gasteiger partial charge on any atom is -0.461 e. The lowest BCUT2D eigenvalue weighted by Crippen LogP contribution is -2.60. The second-order valence-corrected chi connectivity index (χ2v) is 20.3. The van der Waals surface area contributed by atoms with Crippen LogP contribution in [0.15, 0.2) is 53.9 Å². The van der Waals surface area contributed by atoms with Crippen LogP contribution in [0.2, 0.25) is 0 Å². The van der Waals surface area contributed by atoms with Crippen molar-refractivity contribution in [2.45, 2.75) is 186 Å². The van der Waals surface area contributed by atoms with Crippen LogP contribution in [0.25, 0.3) is 0 Å². The number of rotatable bonds is 6. The number of amides is 1. The van der Waals surface area contributed by atoms with Crippen LogP contribution in [-0.4, -0.2) is 133 Å². The number of hydrogen-bond acceptors (Lipinski definition) is 14. The Morgan fingerprint density at radius 2 is 1.61 bits per heavy atom. The van der Waals surface area contributed by atoms with E-state index in [-0.39, 0.29) is 48.0 Å². The van der Waals surface area contributed by atoms with Crippen molar-refractivity contribution in [1.82, 2.24) is 25.1 Å². The van der Waals surface area contributed by atoms with Gasteiger partial charge in [-0.25, -0.2) is 9.48 Å². The molecule has 0 aromatic carbocycles. The quantitative estimate of drug-likeness (QED) is 0.164. The predicted octanol–water partition coefficient (Wildman–Crippen LogP) is 6.21. The molecule has 0 spiro atoms. The summed E-state index contributed by atoms with van der Waals surface area (Å²) >= 11 is 0. The molecule has 0 unspecified atom stereocenters. The molecule has 1 amide bonds. The number of aromatic nitrogens is 4. The number of allylic oxidation sites excluding steroid dienone is 7. The third-order valence-corrected chi connectivity index (χ3v) is 14.9. The van der Waals surface area contributed by atoms with Gasteiger partial charge >= 0.3 is 5.97 Å². The van der Waals surface area contributed by atoms with Gasteiger partial charge in [-0.05, 0) is 136 Å². The Kier molecular flexibility index (Phi) is 20.2. The van der Waals surface area contributed by atoms with Crippen molar-refractivity contribution in [3.05, 3.63) is 53.9 Å². The summed E-state index contributed by atoms with van der Waals surface area (Å²) in [7, 11) is 3.04. The molecule has 2 saturated heterocycles. The molecule has 4 aliphatic rings. The number of Topliss-reactive ketones (excluding diaryl/α,β-unsaturated/α-hetero) is 2. The number of hydrogen-bond donors (Lipinski definition) is 3. The lowest BCUT2D eigenvalue weighted by atomic mass is 9.78. The van der Waals surface area contributed by atoms with Gasteiger partial charge in [0.05, 0.1) is 24.4 Å². The summed E-state index contributed by atoms with van der Waals surface area (Å²) in [5.41, 5.74) is 1.48. The summed E-state index contributed by atoms with van der Waals surface area (Å²) in [6.45, 7) is 13.5. The van der Waals surface area contributed by atoms with Crippen LogP contribution < -0.4 is 0 Å². The minimum absolute atomic E-state index is 0.0421. The molecule has 3 fully saturated rings. The number of aliphatic hydroxyl groups is 3. The number of carbonyl (C=O) groups is 4. The summed E-state index contributed by atoms with van der Waals surface area (Å²) < 4.78 is 25.5. The standard InChI is InChI=1S/C51H79N5O11/c1-31-15-11-10-12-16-33(3)41(56-30-52-53-54-56)29-39-21-19-37(7)51(63,67-39)48(60)49(61)55-24-14-13-17-40(55)50(62)66-43(34(4)27-38-20-22-42(57)44(28-38)64-8)23-18-32(2)26-36(6)46(59)47(65-9)45(58)35(5)25-31/h10-12,15-16,26,30-32,34-35,37-44,46-47,57,59,63H,13-14,17-25,27-29H2,1-9H3/b12-10+,15-11+,33-16+,36-26+/t31-,32+,34-,35-,37-,38-,39+,40+,41-,42-,43+,44-,46-,47+,51-/m1/s1. The number of cyclic esters (lactones) is 1. The molecular formula is C51H79N5O11. The van der Waals surface area contributed by atoms with E-state index in [4.69, 9.17) is 18.9 Å². The minimum atomic E-state index is -2.43. The Labute approximate surface area is 397 Å². The molecule has 16 nitrogen and oxygen atoms in total. The zero-order valence-electron chi connectivity index (χ0n) is 41.4. The first kappa shape index (κ1) is 54.0. The van der Waals surface area contributed by atoms with E-state index < -0.39 is 72.0 Å². The zero-order chi connectivity index (χ0) is 49.0. The number of fused-ring (bicyclic) bond motifs is 3. The lowest BCUT2D eigenvalue weighted by Gasteiger charge is -2.43. The Hall–Kier alpha value is -3.93. The van der Waals surface area contributed by atoms with Crippen LogP contribution in [0.3, 0.4) is 0 Å². The molecule has 2 bridgehead atoms. The van der Waals surface area contributed by atoms with Crippen molar-refractivity contribution in [2.75, 3.05) is 20.8 Å². The molecule has 0 radical (unpaired) electrons. The van der Waals surface area contributed by atoms with E-state index >= 15 is 0 Å². The third-order valence-electron chi connectivity index (χ3n) is 14.9. The maximum absolute atomic E-state index is 14.4. The fourth-order valence-electron chi connectivity index (χ4n) is 10.7. The number of ether oxygens (including phenoxy) is 4. The van der Waals surface area contributed by atoms with Crippen molar-refractivity contribution < 1.29 is 53.4 Å². The average Bonchev–Trinajstić information content (AvgIpc) is 3.85. The normalized spacial score (nSPS) is 39.5. The van der Waals surface area contributed by atoms with Crippen LogP contribution >= 0.6 is 0 Å². The molecule has 1 aromatic rings. The highest BCUT2D eigenvalue weighted by Gasteiger charge is 2.53. The van der Waals surface area contributed by atoms with Crippen LogP contribution in [0.5, 0.6) is 0 Å². The fourth-order valence-corrected chi connectivity index (χ4v) is 10.7. The second-order valence-electron chi connectivity index (χ2n) is 20.3. The molecule has 67 heavy (non-hydrogen) atoms. The number of esters is 1. The number of piperidine rings is 1. The van der Waals surface area contributed by atoms with Gasteiger partial charge in [0.2, 0.25) is 5.79 Å². The van der Waals surface area contributed by atoms with Crippen LogP contribution in [0, 0.1) is 35.5 Å². The number of tetrazole rings is 1. The SMILES string of the molecule is CO[C@@H]1C[C@@H](C[C@@H](C)[C@@H]2CC[C@H](C)/C=C(\C)[C@@H](O)[C@@H](OC)C(=O)[C@H](C)C[C@H](C)/C=C/C=C/C=C(\C)[C@H](n3cnnn3)C[C@@H]3CC[C@@H](C)[C@@](O)(O3)C(=O)C(=O)N3CCCC[C@H]3C(=O)O2)CC[C@H]1O. The predicted molar refractivity (Wildman–Crippen MR) is 251 cm³/mol. The summed E-state index contributed by atoms with van der Waals surface area (Å²) in [5, 5.41) is 45.9. The number of ketones is 2. The first-order chi connectivity index (χ1) is 31.9. The number of aliphatic hydroxyl groups excluding tert-OH is 2. The van der Waals surface area contributed by atoms with Crippen molar-refractivity contribution >= 4 is 23.4 Å². The fraction of sp³-hybridized carbons (Fsp3) is 0.745. The maximum atomic E-state index is 14.4. The van der Waals surface area contributed by atoms with Crippen molar-refractivity contribution in [2.24, 2.45) is 35.5 Å². The molecule has 1 aromatic heterocycles. The molecule has 1 saturated carbocycles. The molecule has 4 heterocycles. The highest BCUT2D eigenvalue weighted by molar-refractivity contribution is 6.39. The highest BCUT2D eigenvalue weighted by atomic mass is 16.6. The summed E-state index contributed by atoms with van der Waals surface area (Å²) in [4.78, 5) is 58.2. The van der Waals surface area contributed by atoms with Gasteiger partial charge in [-0.1, -0.05) is 71.1 Å². The van der Waals surface area contributed by atoms with Crippen LogP contribution in [-0.2, 0) is 38.1 Å². The van der Waals surface area contributed by atoms with E-state index in [2.05, 4.69) is 22.4 Å². The Balaban J connectivity index is 1.47. The molecule has 1 aliphatic carbocycles. The van der Waals surface area contributed by atoms with Gasteiger partial charge in [-0.15, -0.1) is 5.10 Å². The van der Waals surface area contributed by atoms with Crippen LogP contribution in [0.1, 0.15) is 138 Å². The monoisotopic (exact) mass is 938 g/mol. The van der Waals surface area contributed by atoms with Gasteiger partial charge in [0, 0.05) is 39.0 Å². The van der Waals surface area contributed by atoms with Gasteiger partial charge in [-0.3, -0.25) is 14.4 Å². The molecule has 5 rings (SSSR count). The smallest absolute Gasteiger partial charge is 0.329 e. The third kappa shape index (κ3) is 14.1. The van der Waals surface area contributed by atoms with E-state index in [1.807, 2.05) is 64.2 Å². The molecule has 15 atom stereocenters. The van der Waals surface area contributed by atoms with E-state index in [9.17, 15) is 34.5 Å². The Morgan fingerprint density at radius 1 is 0.851 bits per heavy atom. The Bertz CT molecular complexity index is 1920. The number of carbonyl (C=O) groups excluding carboxylic acids is 4. The topological polar surface area (TPSA) is 213 Å². The molecule has 3 aliphatic heterocycles. The van der Waals surface area contributed by atoms with Gasteiger partial charge in [-0.2, -0.15) is 0 Å². The second kappa shape index (κ2) is 25.1. The number of nitrogens with zero attached hydrogens (tertiary/aromatic N) is 5. The highest BCUT2D eigenvalue weighted by Crippen LogP contribution is 2.39. The molecule has 374 valence electrons. The summed E-state index contributed by atoms with van der Waals surface area (Å²) in [6, 6.07) is -1.45. The average molecular weight is 938 g/mol. The lowest BCUT2D eigenvalue weighted by molar-refractivity contribution is -0.264. The molecule has 3 N–H and O–H groups in total. The number of methoxy groups -OCH3 is 2. The Morgan fingerprint density at radius 3 is 2.31 bits per heavy atom. The largest absolute Gasteiger partial charge is 0.461 e. The van der Waals surface area contributed by atoms with Crippen LogP contribution in [0.4, 0.5) is 0 Å². The van der Waals surface area contributed by atoms with E-state index in [0.717, 1.165) is 12.0 Å². The van der Waals surface area contributed by atoms with Crippen molar-refractivity contribution in [3.63, 3.8) is 0 Å². The van der Waals surface area contributed by atoms with E-state index in [0.29, 0.717) is 82.6 Å². The van der Waals surface area contributed by atoms with E-state index in [1.54, 1.807) is 25.6 Å². The van der Waals surface area contributed by atoms with Gasteiger partial charge < -0.3 is 39.2 Å². The first-order valence-electron chi connectivity index (χ1n) is 24.7. The van der Waals surface area contributed by atoms with Gasteiger partial charge in [0.1, 0.15) is 30.7 Å². The van der Waals surface area contributed by atoms with Gasteiger partial charge in [0.15, 0.2) is 5.78 Å².